The van der Waals surface area contributed by atoms with Crippen molar-refractivity contribution in [2.45, 2.75) is 51.7 Å². The summed E-state index contributed by atoms with van der Waals surface area (Å²) >= 11 is 4.30. The fourth-order valence-corrected chi connectivity index (χ4v) is 4.79. The zero-order chi connectivity index (χ0) is 23.8. The van der Waals surface area contributed by atoms with Gasteiger partial charge in [0.05, 0.1) is 0 Å². The van der Waals surface area contributed by atoms with Crippen molar-refractivity contribution in [1.82, 2.24) is 4.90 Å². The number of aliphatic hydroxyl groups excluding tert-OH is 1. The summed E-state index contributed by atoms with van der Waals surface area (Å²) in [6.07, 6.45) is 5.68. The topological polar surface area (TPSA) is 44.7 Å². The summed E-state index contributed by atoms with van der Waals surface area (Å²) in [6, 6.07) is 15.2. The number of hydrogen-bond donors (Lipinski definition) is 3. The average Bonchev–Trinajstić information content (AvgIpc) is 2.84. The predicted molar refractivity (Wildman–Crippen MR) is 144 cm³/mol. The van der Waals surface area contributed by atoms with Gasteiger partial charge in [0, 0.05) is 30.9 Å². The fraction of sp³-hybridized carbons (Fsp3) is 0.429. The SMILES string of the molecule is C/C=C/c1c(NC)cccc1OCC(O)CN1CCC(c2cccc(/C(C)=C\S)c2)C[C@@H]1C. The smallest absolute Gasteiger partial charge is 0.128 e. The average molecular weight is 467 g/mol. The highest BCUT2D eigenvalue weighted by Gasteiger charge is 2.28. The van der Waals surface area contributed by atoms with E-state index in [1.807, 2.05) is 49.7 Å². The van der Waals surface area contributed by atoms with Crippen LogP contribution in [0, 0.1) is 0 Å². The summed E-state index contributed by atoms with van der Waals surface area (Å²) in [5, 5.41) is 15.8. The molecular formula is C28H38N2O2S. The fourth-order valence-electron chi connectivity index (χ4n) is 4.64. The van der Waals surface area contributed by atoms with E-state index in [1.165, 1.54) is 16.7 Å². The molecule has 2 unspecified atom stereocenters. The Hall–Kier alpha value is -2.21. The second-order valence-electron chi connectivity index (χ2n) is 8.94. The molecule has 178 valence electrons. The Morgan fingerprint density at radius 3 is 2.79 bits per heavy atom. The second kappa shape index (κ2) is 12.3. The number of nitrogens with one attached hydrogen (secondary N) is 1. The molecule has 1 aliphatic heterocycles. The van der Waals surface area contributed by atoms with E-state index in [1.54, 1.807) is 0 Å². The first-order valence-corrected chi connectivity index (χ1v) is 12.4. The van der Waals surface area contributed by atoms with Crippen molar-refractivity contribution in [2.24, 2.45) is 0 Å². The minimum Gasteiger partial charge on any atom is -0.490 e. The largest absolute Gasteiger partial charge is 0.490 e. The summed E-state index contributed by atoms with van der Waals surface area (Å²) in [4.78, 5) is 2.39. The van der Waals surface area contributed by atoms with Crippen LogP contribution in [0.4, 0.5) is 5.69 Å². The predicted octanol–water partition coefficient (Wildman–Crippen LogP) is 6.06. The van der Waals surface area contributed by atoms with Crippen LogP contribution >= 0.6 is 12.6 Å². The molecule has 1 saturated heterocycles. The maximum atomic E-state index is 10.7. The Labute approximate surface area is 204 Å². The molecule has 4 nitrogen and oxygen atoms in total. The van der Waals surface area contributed by atoms with Crippen LogP contribution < -0.4 is 10.1 Å². The highest BCUT2D eigenvalue weighted by molar-refractivity contribution is 7.83. The maximum Gasteiger partial charge on any atom is 0.128 e. The Morgan fingerprint density at radius 1 is 1.30 bits per heavy atom. The molecule has 5 heteroatoms. The summed E-state index contributed by atoms with van der Waals surface area (Å²) < 4.78 is 6.03. The molecule has 2 N–H and O–H groups in total. The summed E-state index contributed by atoms with van der Waals surface area (Å²) in [6.45, 7) is 8.24. The van der Waals surface area contributed by atoms with E-state index in [0.717, 1.165) is 36.4 Å². The molecule has 2 aromatic rings. The third-order valence-electron chi connectivity index (χ3n) is 6.57. The van der Waals surface area contributed by atoms with Gasteiger partial charge in [-0.25, -0.2) is 0 Å². The van der Waals surface area contributed by atoms with Gasteiger partial charge in [-0.1, -0.05) is 42.5 Å². The van der Waals surface area contributed by atoms with E-state index in [4.69, 9.17) is 4.74 Å². The van der Waals surface area contributed by atoms with Crippen LogP contribution in [-0.4, -0.2) is 48.9 Å². The summed E-state index contributed by atoms with van der Waals surface area (Å²) in [5.41, 5.74) is 5.85. The van der Waals surface area contributed by atoms with Crippen molar-refractivity contribution < 1.29 is 9.84 Å². The maximum absolute atomic E-state index is 10.7. The highest BCUT2D eigenvalue weighted by Crippen LogP contribution is 2.33. The second-order valence-corrected chi connectivity index (χ2v) is 9.19. The zero-order valence-electron chi connectivity index (χ0n) is 20.3. The number of anilines is 1. The van der Waals surface area contributed by atoms with E-state index < -0.39 is 6.10 Å². The number of benzene rings is 2. The van der Waals surface area contributed by atoms with Gasteiger partial charge in [0.2, 0.25) is 0 Å². The lowest BCUT2D eigenvalue weighted by molar-refractivity contribution is 0.0402. The number of nitrogens with zero attached hydrogens (tertiary/aromatic N) is 1. The van der Waals surface area contributed by atoms with Gasteiger partial charge in [-0.15, -0.1) is 0 Å². The molecule has 1 heterocycles. The lowest BCUT2D eigenvalue weighted by atomic mass is 9.84. The van der Waals surface area contributed by atoms with Crippen LogP contribution in [0.2, 0.25) is 0 Å². The van der Waals surface area contributed by atoms with Gasteiger partial charge in [-0.3, -0.25) is 4.90 Å². The standard InChI is InChI=1S/C28H38N2O2S/c1-5-8-26-27(29-4)11-7-12-28(26)32-18-25(31)17-30-14-13-24(15-21(30)3)23-10-6-9-22(16-23)20(2)19-33/h5-12,16,19,21,24-25,29,31,33H,13-15,17-18H2,1-4H3/b8-5+,20-19-/t21-,24?,25?/m0/s1. The number of thiol groups is 1. The number of allylic oxidation sites excluding steroid dienone is 2. The van der Waals surface area contributed by atoms with E-state index in [9.17, 15) is 5.11 Å². The van der Waals surface area contributed by atoms with Crippen molar-refractivity contribution in [3.05, 3.63) is 70.6 Å². The summed E-state index contributed by atoms with van der Waals surface area (Å²) in [5.74, 6) is 1.33. The van der Waals surface area contributed by atoms with E-state index in [0.29, 0.717) is 18.5 Å². The molecular weight excluding hydrogens is 428 g/mol. The number of rotatable bonds is 9. The molecule has 33 heavy (non-hydrogen) atoms. The normalized spacial score (nSPS) is 20.7. The first-order chi connectivity index (χ1) is 16.0. The van der Waals surface area contributed by atoms with Crippen molar-refractivity contribution >= 4 is 30.0 Å². The van der Waals surface area contributed by atoms with Crippen molar-refractivity contribution in [2.75, 3.05) is 32.1 Å². The summed E-state index contributed by atoms with van der Waals surface area (Å²) in [7, 11) is 1.90. The Balaban J connectivity index is 1.56. The van der Waals surface area contributed by atoms with Gasteiger partial charge < -0.3 is 15.2 Å². The molecule has 3 rings (SSSR count). The van der Waals surface area contributed by atoms with Crippen LogP contribution in [0.15, 0.2) is 53.9 Å². The van der Waals surface area contributed by atoms with Gasteiger partial charge in [0.15, 0.2) is 0 Å². The van der Waals surface area contributed by atoms with E-state index in [2.05, 4.69) is 61.0 Å². The van der Waals surface area contributed by atoms with Gasteiger partial charge in [0.25, 0.3) is 0 Å². The Kier molecular flexibility index (Phi) is 9.48. The number of ether oxygens (including phenoxy) is 1. The third kappa shape index (κ3) is 6.66. The number of hydrogen-bond acceptors (Lipinski definition) is 5. The van der Waals surface area contributed by atoms with Crippen LogP contribution in [0.25, 0.3) is 11.6 Å². The number of β-amino-alcohol motifs (C(OH)–C–C–N with tert-alkyl or cyclic N) is 1. The molecule has 0 amide bonds. The number of aliphatic hydroxyl groups is 1. The number of piperidine rings is 1. The van der Waals surface area contributed by atoms with Crippen molar-refractivity contribution in [1.29, 1.82) is 0 Å². The molecule has 0 radical (unpaired) electrons. The molecule has 0 bridgehead atoms. The molecule has 3 atom stereocenters. The van der Waals surface area contributed by atoms with Crippen LogP contribution in [0.5, 0.6) is 5.75 Å². The van der Waals surface area contributed by atoms with Gasteiger partial charge in [0.1, 0.15) is 18.5 Å². The number of likely N-dealkylation sites (tertiary alicyclic amines) is 1. The molecule has 0 aromatic heterocycles. The Morgan fingerprint density at radius 2 is 2.09 bits per heavy atom. The highest BCUT2D eigenvalue weighted by atomic mass is 32.1. The quantitative estimate of drug-likeness (QED) is 0.393. The van der Waals surface area contributed by atoms with E-state index in [-0.39, 0.29) is 6.61 Å². The lowest BCUT2D eigenvalue weighted by Crippen LogP contribution is -2.45. The van der Waals surface area contributed by atoms with Crippen LogP contribution in [-0.2, 0) is 0 Å². The lowest BCUT2D eigenvalue weighted by Gasteiger charge is -2.39. The minimum atomic E-state index is -0.535. The van der Waals surface area contributed by atoms with Crippen molar-refractivity contribution in [3.63, 3.8) is 0 Å². The minimum absolute atomic E-state index is 0.280. The third-order valence-corrected chi connectivity index (χ3v) is 6.95. The van der Waals surface area contributed by atoms with E-state index >= 15 is 0 Å². The molecule has 1 fully saturated rings. The molecule has 2 aromatic carbocycles. The molecule has 0 aliphatic carbocycles. The zero-order valence-corrected chi connectivity index (χ0v) is 21.2. The first kappa shape index (κ1) is 25.4. The van der Waals surface area contributed by atoms with Gasteiger partial charge in [-0.05, 0) is 80.3 Å². The van der Waals surface area contributed by atoms with Crippen molar-refractivity contribution in [3.8, 4) is 5.75 Å². The van der Waals surface area contributed by atoms with Crippen LogP contribution in [0.1, 0.15) is 56.2 Å². The van der Waals surface area contributed by atoms with Gasteiger partial charge in [-0.2, -0.15) is 12.6 Å². The van der Waals surface area contributed by atoms with Crippen LogP contribution in [0.3, 0.4) is 0 Å². The molecule has 1 aliphatic rings. The first-order valence-electron chi connectivity index (χ1n) is 11.9. The molecule has 0 spiro atoms. The molecule has 0 saturated carbocycles. The Bertz CT molecular complexity index is 972. The van der Waals surface area contributed by atoms with Gasteiger partial charge >= 0.3 is 0 Å². The monoisotopic (exact) mass is 466 g/mol.